The molecule has 0 fully saturated rings. The van der Waals surface area contributed by atoms with Crippen molar-refractivity contribution in [3.8, 4) is 23.0 Å². The van der Waals surface area contributed by atoms with E-state index in [1.165, 1.54) is 82.6 Å². The number of rotatable bonds is 4. The highest BCUT2D eigenvalue weighted by atomic mass is 16.5. The van der Waals surface area contributed by atoms with E-state index in [0.29, 0.717) is 0 Å². The van der Waals surface area contributed by atoms with Crippen LogP contribution in [0, 0.1) is 0 Å². The highest BCUT2D eigenvalue weighted by molar-refractivity contribution is 7.06. The molecular formula is C78H47B4N5O2. The highest BCUT2D eigenvalue weighted by Crippen LogP contribution is 2.53. The lowest BCUT2D eigenvalue weighted by Gasteiger charge is -2.51. The Labute approximate surface area is 516 Å². The van der Waals surface area contributed by atoms with E-state index in [9.17, 15) is 0 Å². The van der Waals surface area contributed by atoms with Crippen LogP contribution < -0.4 is 99.5 Å². The fourth-order valence-corrected chi connectivity index (χ4v) is 16.9. The standard InChI is InChI=1S/C78H47B4N5O2/c1-5-23-48(24-6-1)83-62-37-21-41-72-74(62)81(54-33-15-19-39-70(54)88-72)58-43-56-66(45-64(58)83)85(50-27-9-3-10-28-50)68-47-69-77-78-76(68)79(56)52-31-13-17-35-60(52)87(78)61-36-18-14-32-53(61)80(77)57-44-59-65(46-67(57)86(69)51-29-11-4-12-30-51)84(49-25-7-2-8-26-49)63-38-22-42-73-75(63)82(59)55-34-16-20-40-71(55)89-73/h1-47H. The van der Waals surface area contributed by atoms with Gasteiger partial charge in [-0.05, 0) is 181 Å². The molecule has 0 spiro atoms. The van der Waals surface area contributed by atoms with Gasteiger partial charge in [0.15, 0.2) is 0 Å². The molecule has 0 aromatic heterocycles. The van der Waals surface area contributed by atoms with Gasteiger partial charge in [-0.15, -0.1) is 0 Å². The molecular weight excluding hydrogens is 1080 g/mol. The van der Waals surface area contributed by atoms with Gasteiger partial charge in [0.05, 0.1) is 0 Å². The lowest BCUT2D eigenvalue weighted by molar-refractivity contribution is 0.487. The number of ether oxygens (including phenoxy) is 2. The Morgan fingerprint density at radius 2 is 0.483 bits per heavy atom. The molecule has 0 bridgehead atoms. The number of fused-ring (bicyclic) bond motifs is 18. The summed E-state index contributed by atoms with van der Waals surface area (Å²) in [6.45, 7) is -0.471. The maximum Gasteiger partial charge on any atom is 0.256 e. The number of nitrogens with zero attached hydrogens (tertiary/aromatic N) is 5. The van der Waals surface area contributed by atoms with E-state index in [2.05, 4.69) is 310 Å². The van der Waals surface area contributed by atoms with Crippen molar-refractivity contribution in [3.05, 3.63) is 285 Å². The van der Waals surface area contributed by atoms with Crippen molar-refractivity contribution in [2.75, 3.05) is 24.5 Å². The first kappa shape index (κ1) is 47.9. The molecule has 13 aromatic rings. The Kier molecular flexibility index (Phi) is 9.52. The molecule has 8 heterocycles. The van der Waals surface area contributed by atoms with Crippen molar-refractivity contribution in [3.63, 3.8) is 0 Å². The molecule has 0 saturated carbocycles. The van der Waals surface area contributed by atoms with Crippen LogP contribution in [0.3, 0.4) is 0 Å². The Bertz CT molecular complexity index is 4930. The van der Waals surface area contributed by atoms with E-state index >= 15 is 0 Å². The monoisotopic (exact) mass is 1130 g/mol. The third-order valence-corrected chi connectivity index (χ3v) is 20.3. The van der Waals surface area contributed by atoms with Gasteiger partial charge in [0.2, 0.25) is 0 Å². The second-order valence-electron chi connectivity index (χ2n) is 24.6. The van der Waals surface area contributed by atoms with Crippen molar-refractivity contribution >= 4 is 178 Å². The summed E-state index contributed by atoms with van der Waals surface area (Å²) >= 11 is 0. The van der Waals surface area contributed by atoms with Crippen LogP contribution in [0.5, 0.6) is 23.0 Å². The average molecular weight is 1130 g/mol. The summed E-state index contributed by atoms with van der Waals surface area (Å²) in [4.78, 5) is 12.8. The normalized spacial score (nSPS) is 14.5. The van der Waals surface area contributed by atoms with Gasteiger partial charge in [0, 0.05) is 85.3 Å². The summed E-state index contributed by atoms with van der Waals surface area (Å²) in [5, 5.41) is 0. The maximum absolute atomic E-state index is 6.90. The van der Waals surface area contributed by atoms with E-state index < -0.39 is 0 Å². The van der Waals surface area contributed by atoms with Crippen molar-refractivity contribution in [2.45, 2.75) is 0 Å². The molecule has 21 rings (SSSR count). The van der Waals surface area contributed by atoms with Crippen molar-refractivity contribution in [2.24, 2.45) is 0 Å². The molecule has 0 amide bonds. The minimum Gasteiger partial charge on any atom is -0.458 e. The number of anilines is 15. The smallest absolute Gasteiger partial charge is 0.256 e. The molecule has 7 nitrogen and oxygen atoms in total. The van der Waals surface area contributed by atoms with E-state index in [4.69, 9.17) is 9.47 Å². The summed E-state index contributed by atoms with van der Waals surface area (Å²) in [7, 11) is 0. The van der Waals surface area contributed by atoms with Crippen LogP contribution in [0.1, 0.15) is 0 Å². The molecule has 0 saturated heterocycles. The van der Waals surface area contributed by atoms with Crippen LogP contribution in [0.2, 0.25) is 0 Å². The van der Waals surface area contributed by atoms with Gasteiger partial charge in [-0.3, -0.25) is 0 Å². The fraction of sp³-hybridized carbons (Fsp3) is 0. The van der Waals surface area contributed by atoms with Crippen molar-refractivity contribution in [1.29, 1.82) is 0 Å². The molecule has 13 aromatic carbocycles. The lowest BCUT2D eigenvalue weighted by Crippen LogP contribution is -2.70. The van der Waals surface area contributed by atoms with Gasteiger partial charge in [-0.25, -0.2) is 0 Å². The molecule has 89 heavy (non-hydrogen) atoms. The second-order valence-corrected chi connectivity index (χ2v) is 24.6. The van der Waals surface area contributed by atoms with Gasteiger partial charge < -0.3 is 34.0 Å². The van der Waals surface area contributed by atoms with Gasteiger partial charge >= 0.3 is 0 Å². The Morgan fingerprint density at radius 1 is 0.191 bits per heavy atom. The van der Waals surface area contributed by atoms with E-state index in [1.807, 2.05) is 0 Å². The van der Waals surface area contributed by atoms with Crippen LogP contribution in [0.4, 0.5) is 85.3 Å². The molecule has 8 aliphatic heterocycles. The van der Waals surface area contributed by atoms with E-state index in [-0.39, 0.29) is 26.9 Å². The molecule has 0 unspecified atom stereocenters. The third-order valence-electron chi connectivity index (χ3n) is 20.3. The number of hydrogen-bond acceptors (Lipinski definition) is 7. The largest absolute Gasteiger partial charge is 0.458 e. The molecule has 8 aliphatic rings. The summed E-state index contributed by atoms with van der Waals surface area (Å²) in [6.07, 6.45) is 0. The predicted octanol–water partition coefficient (Wildman–Crippen LogP) is 11.2. The van der Waals surface area contributed by atoms with Crippen LogP contribution >= 0.6 is 0 Å². The zero-order valence-corrected chi connectivity index (χ0v) is 48.0. The number of hydrogen-bond donors (Lipinski definition) is 0. The van der Waals surface area contributed by atoms with E-state index in [0.717, 1.165) is 91.2 Å². The highest BCUT2D eigenvalue weighted by Gasteiger charge is 2.54. The lowest BCUT2D eigenvalue weighted by atomic mass is 9.27. The maximum atomic E-state index is 6.90. The quantitative estimate of drug-likeness (QED) is 0.163. The summed E-state index contributed by atoms with van der Waals surface area (Å²) in [5.74, 6) is 3.60. The summed E-state index contributed by atoms with van der Waals surface area (Å²) < 4.78 is 13.8. The Hall–Kier alpha value is -11.3. The van der Waals surface area contributed by atoms with Crippen molar-refractivity contribution < 1.29 is 9.47 Å². The average Bonchev–Trinajstić information content (AvgIpc) is 0.680. The minimum absolute atomic E-state index is 0.0862. The topological polar surface area (TPSA) is 34.7 Å². The van der Waals surface area contributed by atoms with Crippen LogP contribution in [0.25, 0.3) is 0 Å². The zero-order chi connectivity index (χ0) is 57.7. The van der Waals surface area contributed by atoms with Gasteiger partial charge in [-0.2, -0.15) is 0 Å². The molecule has 0 atom stereocenters. The first-order valence-electron chi connectivity index (χ1n) is 31.0. The van der Waals surface area contributed by atoms with Crippen molar-refractivity contribution in [1.82, 2.24) is 0 Å². The molecule has 0 radical (unpaired) electrons. The van der Waals surface area contributed by atoms with Gasteiger partial charge in [-0.1, -0.05) is 170 Å². The number of benzene rings is 13. The second kappa shape index (κ2) is 17.7. The summed E-state index contributed by atoms with van der Waals surface area (Å²) in [5.41, 5.74) is 32.2. The number of para-hydroxylation sites is 8. The zero-order valence-electron chi connectivity index (χ0n) is 48.0. The fourth-order valence-electron chi connectivity index (χ4n) is 16.9. The van der Waals surface area contributed by atoms with Crippen LogP contribution in [0.15, 0.2) is 285 Å². The predicted molar refractivity (Wildman–Crippen MR) is 372 cm³/mol. The molecule has 0 N–H and O–H groups in total. The SMILES string of the molecule is c1ccc(N2c3cc4c(cc3B3c5ccccc5Oc5cccc2c53)B2c3ccccc3N3c5ccccc5B5c6cc7c(cc6N(c6ccccc6)c6cc(c2c3c65)N4c2ccccc2)N(c2ccccc2)c2cccc3c2B7c2ccccc2O3)cc1. The van der Waals surface area contributed by atoms with Crippen LogP contribution in [-0.2, 0) is 0 Å². The molecule has 11 heteroatoms. The van der Waals surface area contributed by atoms with E-state index in [1.54, 1.807) is 0 Å². The third kappa shape index (κ3) is 6.30. The molecule has 0 aliphatic carbocycles. The first-order chi connectivity index (χ1) is 44.2. The Balaban J connectivity index is 0.893. The Morgan fingerprint density at radius 3 is 0.876 bits per heavy atom. The molecule has 408 valence electrons. The van der Waals surface area contributed by atoms with Crippen LogP contribution in [-0.4, -0.2) is 26.9 Å². The minimum atomic E-state index is -0.149. The van der Waals surface area contributed by atoms with Gasteiger partial charge in [0.1, 0.15) is 23.0 Å². The summed E-state index contributed by atoms with van der Waals surface area (Å²) in [6, 6.07) is 106. The van der Waals surface area contributed by atoms with Gasteiger partial charge in [0.25, 0.3) is 26.9 Å². The first-order valence-corrected chi connectivity index (χ1v) is 31.0.